The van der Waals surface area contributed by atoms with Crippen LogP contribution < -0.4 is 5.73 Å². The summed E-state index contributed by atoms with van der Waals surface area (Å²) in [7, 11) is 0. The van der Waals surface area contributed by atoms with Gasteiger partial charge in [-0.1, -0.05) is 0 Å². The first kappa shape index (κ1) is 10.0. The van der Waals surface area contributed by atoms with E-state index in [1.807, 2.05) is 0 Å². The zero-order chi connectivity index (χ0) is 10.7. The molecule has 0 saturated carbocycles. The molecule has 0 aliphatic carbocycles. The van der Waals surface area contributed by atoms with Gasteiger partial charge in [-0.15, -0.1) is 0 Å². The number of rotatable bonds is 3. The van der Waals surface area contributed by atoms with Crippen LogP contribution in [0.25, 0.3) is 0 Å². The van der Waals surface area contributed by atoms with Crippen molar-refractivity contribution >= 4 is 5.91 Å². The fourth-order valence-corrected chi connectivity index (χ4v) is 1.75. The van der Waals surface area contributed by atoms with Crippen LogP contribution in [-0.4, -0.2) is 33.9 Å². The summed E-state index contributed by atoms with van der Waals surface area (Å²) < 4.78 is 0. The van der Waals surface area contributed by atoms with Crippen LogP contribution >= 0.6 is 0 Å². The lowest BCUT2D eigenvalue weighted by Crippen LogP contribution is -2.21. The zero-order valence-electron chi connectivity index (χ0n) is 8.52. The largest absolute Gasteiger partial charge is 0.364 e. The number of primary amides is 1. The summed E-state index contributed by atoms with van der Waals surface area (Å²) in [5.74, 6) is 0.174. The van der Waals surface area contributed by atoms with E-state index in [4.69, 9.17) is 5.73 Å². The molecule has 0 bridgehead atoms. The van der Waals surface area contributed by atoms with Crippen molar-refractivity contribution in [2.45, 2.75) is 19.4 Å². The minimum Gasteiger partial charge on any atom is -0.364 e. The molecule has 1 aliphatic rings. The van der Waals surface area contributed by atoms with Gasteiger partial charge < -0.3 is 5.73 Å². The van der Waals surface area contributed by atoms with Crippen LogP contribution in [0.2, 0.25) is 0 Å². The lowest BCUT2D eigenvalue weighted by molar-refractivity contribution is 0.0995. The van der Waals surface area contributed by atoms with E-state index >= 15 is 0 Å². The number of likely N-dealkylation sites (tertiary alicyclic amines) is 1. The average Bonchev–Trinajstić information content (AvgIpc) is 2.71. The summed E-state index contributed by atoms with van der Waals surface area (Å²) in [6, 6.07) is 1.54. The Hall–Kier alpha value is -1.49. The van der Waals surface area contributed by atoms with Gasteiger partial charge in [-0.3, -0.25) is 9.69 Å². The van der Waals surface area contributed by atoms with Gasteiger partial charge in [0, 0.05) is 6.20 Å². The molecule has 1 aliphatic heterocycles. The first-order valence-corrected chi connectivity index (χ1v) is 5.10. The predicted molar refractivity (Wildman–Crippen MR) is 55.1 cm³/mol. The zero-order valence-corrected chi connectivity index (χ0v) is 8.52. The second-order valence-electron chi connectivity index (χ2n) is 3.71. The van der Waals surface area contributed by atoms with Crippen molar-refractivity contribution in [3.8, 4) is 0 Å². The number of carbonyl (C=O) groups is 1. The fraction of sp³-hybridized carbons (Fsp3) is 0.500. The Balaban J connectivity index is 2.07. The Morgan fingerprint density at radius 1 is 1.47 bits per heavy atom. The number of hydrogen-bond donors (Lipinski definition) is 1. The fourth-order valence-electron chi connectivity index (χ4n) is 1.75. The van der Waals surface area contributed by atoms with E-state index in [1.165, 1.54) is 18.9 Å². The van der Waals surface area contributed by atoms with Gasteiger partial charge in [0.15, 0.2) is 0 Å². The number of nitrogens with two attached hydrogens (primary N) is 1. The molecule has 0 unspecified atom stereocenters. The normalized spacial score (nSPS) is 16.8. The Bertz CT molecular complexity index is 360. The van der Waals surface area contributed by atoms with E-state index in [0.29, 0.717) is 18.1 Å². The van der Waals surface area contributed by atoms with Crippen molar-refractivity contribution in [3.05, 3.63) is 23.8 Å². The van der Waals surface area contributed by atoms with Gasteiger partial charge in [-0.2, -0.15) is 0 Å². The van der Waals surface area contributed by atoms with Crippen LogP contribution in [0.4, 0.5) is 0 Å². The summed E-state index contributed by atoms with van der Waals surface area (Å²) in [6.07, 6.45) is 4.05. The van der Waals surface area contributed by atoms with Crippen LogP contribution in [0.5, 0.6) is 0 Å². The summed E-state index contributed by atoms with van der Waals surface area (Å²) in [6.45, 7) is 2.88. The molecule has 0 atom stereocenters. The molecule has 5 heteroatoms. The van der Waals surface area contributed by atoms with Crippen molar-refractivity contribution in [2.24, 2.45) is 5.73 Å². The third-order valence-electron chi connectivity index (χ3n) is 2.52. The van der Waals surface area contributed by atoms with E-state index < -0.39 is 5.91 Å². The average molecular weight is 206 g/mol. The van der Waals surface area contributed by atoms with Crippen molar-refractivity contribution in [3.63, 3.8) is 0 Å². The highest BCUT2D eigenvalue weighted by atomic mass is 16.1. The molecule has 1 aromatic rings. The van der Waals surface area contributed by atoms with E-state index in [9.17, 15) is 4.79 Å². The lowest BCUT2D eigenvalue weighted by Gasteiger charge is -2.12. The molecule has 1 amide bonds. The molecule has 2 rings (SSSR count). The van der Waals surface area contributed by atoms with Crippen LogP contribution in [0.15, 0.2) is 12.3 Å². The lowest BCUT2D eigenvalue weighted by atomic mass is 10.4. The standard InChI is InChI=1S/C10H14N4O/c11-10(15)8-3-4-12-9(13-8)7-14-5-1-2-6-14/h3-4H,1-2,5-7H2,(H2,11,15). The van der Waals surface area contributed by atoms with Gasteiger partial charge >= 0.3 is 0 Å². The molecule has 0 aromatic carbocycles. The summed E-state index contributed by atoms with van der Waals surface area (Å²) in [5.41, 5.74) is 5.44. The Morgan fingerprint density at radius 3 is 2.87 bits per heavy atom. The maximum absolute atomic E-state index is 10.9. The van der Waals surface area contributed by atoms with Gasteiger partial charge in [-0.25, -0.2) is 9.97 Å². The minimum atomic E-state index is -0.500. The quantitative estimate of drug-likeness (QED) is 0.765. The number of amides is 1. The molecule has 5 nitrogen and oxygen atoms in total. The van der Waals surface area contributed by atoms with E-state index in [0.717, 1.165) is 13.1 Å². The third-order valence-corrected chi connectivity index (χ3v) is 2.52. The van der Waals surface area contributed by atoms with Crippen molar-refractivity contribution in [1.82, 2.24) is 14.9 Å². The highest BCUT2D eigenvalue weighted by Crippen LogP contribution is 2.10. The summed E-state index contributed by atoms with van der Waals surface area (Å²) in [4.78, 5) is 21.4. The molecular formula is C10H14N4O. The maximum atomic E-state index is 10.9. The number of carbonyl (C=O) groups excluding carboxylic acids is 1. The van der Waals surface area contributed by atoms with Crippen molar-refractivity contribution < 1.29 is 4.79 Å². The maximum Gasteiger partial charge on any atom is 0.267 e. The molecular weight excluding hydrogens is 192 g/mol. The summed E-state index contributed by atoms with van der Waals surface area (Å²) in [5, 5.41) is 0. The second-order valence-corrected chi connectivity index (χ2v) is 3.71. The van der Waals surface area contributed by atoms with Crippen LogP contribution in [0, 0.1) is 0 Å². The molecule has 2 heterocycles. The van der Waals surface area contributed by atoms with Crippen molar-refractivity contribution in [1.29, 1.82) is 0 Å². The molecule has 0 spiro atoms. The molecule has 1 fully saturated rings. The van der Waals surface area contributed by atoms with E-state index in [-0.39, 0.29) is 0 Å². The van der Waals surface area contributed by atoms with Crippen LogP contribution in [-0.2, 0) is 6.54 Å². The number of nitrogens with zero attached hydrogens (tertiary/aromatic N) is 3. The monoisotopic (exact) mass is 206 g/mol. The molecule has 80 valence electrons. The number of aromatic nitrogens is 2. The highest BCUT2D eigenvalue weighted by molar-refractivity contribution is 5.90. The van der Waals surface area contributed by atoms with Gasteiger partial charge in [0.05, 0.1) is 6.54 Å². The summed E-state index contributed by atoms with van der Waals surface area (Å²) >= 11 is 0. The molecule has 2 N–H and O–H groups in total. The first-order valence-electron chi connectivity index (χ1n) is 5.10. The minimum absolute atomic E-state index is 0.291. The van der Waals surface area contributed by atoms with Gasteiger partial charge in [0.1, 0.15) is 11.5 Å². The Morgan fingerprint density at radius 2 is 2.20 bits per heavy atom. The van der Waals surface area contributed by atoms with E-state index in [2.05, 4.69) is 14.9 Å². The second kappa shape index (κ2) is 4.35. The molecule has 1 saturated heterocycles. The van der Waals surface area contributed by atoms with Crippen molar-refractivity contribution in [2.75, 3.05) is 13.1 Å². The highest BCUT2D eigenvalue weighted by Gasteiger charge is 2.13. The SMILES string of the molecule is NC(=O)c1ccnc(CN2CCCC2)n1. The first-order chi connectivity index (χ1) is 7.25. The smallest absolute Gasteiger partial charge is 0.267 e. The third kappa shape index (κ3) is 2.50. The predicted octanol–water partition coefficient (Wildman–Crippen LogP) is 0.171. The topological polar surface area (TPSA) is 72.1 Å². The number of hydrogen-bond acceptors (Lipinski definition) is 4. The molecule has 1 aromatic heterocycles. The Kier molecular flexibility index (Phi) is 2.91. The van der Waals surface area contributed by atoms with E-state index in [1.54, 1.807) is 6.20 Å². The van der Waals surface area contributed by atoms with Gasteiger partial charge in [0.25, 0.3) is 5.91 Å². The van der Waals surface area contributed by atoms with Gasteiger partial charge in [0.2, 0.25) is 0 Å². The Labute approximate surface area is 88.3 Å². The molecule has 15 heavy (non-hydrogen) atoms. The van der Waals surface area contributed by atoms with Crippen LogP contribution in [0.3, 0.4) is 0 Å². The van der Waals surface area contributed by atoms with Gasteiger partial charge in [-0.05, 0) is 32.0 Å². The van der Waals surface area contributed by atoms with Crippen LogP contribution in [0.1, 0.15) is 29.2 Å². The molecule has 0 radical (unpaired) electrons.